The highest BCUT2D eigenvalue weighted by Crippen LogP contribution is 2.30. The second kappa shape index (κ2) is 7.44. The summed E-state index contributed by atoms with van der Waals surface area (Å²) in [6, 6.07) is 18.1. The Morgan fingerprint density at radius 1 is 1.08 bits per heavy atom. The maximum absolute atomic E-state index is 11.0. The second-order valence-electron chi connectivity index (χ2n) is 5.92. The average molecular weight is 347 g/mol. The van der Waals surface area contributed by atoms with Crippen molar-refractivity contribution >= 4 is 10.1 Å². The van der Waals surface area contributed by atoms with Gasteiger partial charge in [-0.05, 0) is 16.7 Å². The molecule has 1 heterocycles. The van der Waals surface area contributed by atoms with Crippen LogP contribution in [0.25, 0.3) is 0 Å². The predicted molar refractivity (Wildman–Crippen MR) is 92.4 cm³/mol. The summed E-state index contributed by atoms with van der Waals surface area (Å²) in [6.07, 6.45) is -0.119. The lowest BCUT2D eigenvalue weighted by molar-refractivity contribution is 0.0506. The highest BCUT2D eigenvalue weighted by Gasteiger charge is 2.22. The number of nitrogens with zero attached hydrogens (tertiary/aromatic N) is 1. The normalized spacial score (nSPS) is 19.3. The Morgan fingerprint density at radius 2 is 1.79 bits per heavy atom. The zero-order valence-electron chi connectivity index (χ0n) is 13.3. The van der Waals surface area contributed by atoms with Crippen LogP contribution in [0.5, 0.6) is 0 Å². The fourth-order valence-corrected chi connectivity index (χ4v) is 3.47. The molecule has 1 aliphatic heterocycles. The molecule has 24 heavy (non-hydrogen) atoms. The maximum atomic E-state index is 11.0. The van der Waals surface area contributed by atoms with Gasteiger partial charge in [0.25, 0.3) is 10.1 Å². The minimum absolute atomic E-state index is 0.119. The highest BCUT2D eigenvalue weighted by molar-refractivity contribution is 7.85. The first kappa shape index (κ1) is 17.1. The van der Waals surface area contributed by atoms with Gasteiger partial charge in [0, 0.05) is 19.6 Å². The van der Waals surface area contributed by atoms with Gasteiger partial charge in [-0.1, -0.05) is 54.6 Å². The minimum atomic E-state index is -3.96. The monoisotopic (exact) mass is 347 g/mol. The van der Waals surface area contributed by atoms with Gasteiger partial charge in [-0.15, -0.1) is 0 Å². The van der Waals surface area contributed by atoms with Gasteiger partial charge in [0.1, 0.15) is 6.10 Å². The standard InChI is InChI=1S/C18H21NO4S/c20-24(21,22)13-11-19-10-12-23-18(15-6-2-1-3-7-15)17-9-5-4-8-16(17)14-19/h1-9,18H,10-14H2,(H,20,21,22). The molecule has 3 rings (SSSR count). The molecule has 6 heteroatoms. The van der Waals surface area contributed by atoms with Crippen LogP contribution < -0.4 is 0 Å². The lowest BCUT2D eigenvalue weighted by atomic mass is 9.95. The van der Waals surface area contributed by atoms with Crippen LogP contribution in [0.2, 0.25) is 0 Å². The van der Waals surface area contributed by atoms with Crippen molar-refractivity contribution in [2.45, 2.75) is 12.6 Å². The van der Waals surface area contributed by atoms with Gasteiger partial charge in [0.15, 0.2) is 0 Å². The van der Waals surface area contributed by atoms with E-state index < -0.39 is 10.1 Å². The maximum Gasteiger partial charge on any atom is 0.266 e. The van der Waals surface area contributed by atoms with Crippen LogP contribution in [0, 0.1) is 0 Å². The van der Waals surface area contributed by atoms with Gasteiger partial charge in [-0.2, -0.15) is 8.42 Å². The first-order valence-corrected chi connectivity index (χ1v) is 9.56. The minimum Gasteiger partial charge on any atom is -0.367 e. The van der Waals surface area contributed by atoms with E-state index in [-0.39, 0.29) is 18.4 Å². The fourth-order valence-electron chi connectivity index (χ4n) is 2.98. The molecule has 0 fully saturated rings. The van der Waals surface area contributed by atoms with Crippen molar-refractivity contribution in [2.75, 3.05) is 25.4 Å². The van der Waals surface area contributed by atoms with Crippen LogP contribution in [0.4, 0.5) is 0 Å². The number of benzene rings is 2. The first-order chi connectivity index (χ1) is 11.5. The fraction of sp³-hybridized carbons (Fsp3) is 0.333. The second-order valence-corrected chi connectivity index (χ2v) is 7.49. The third kappa shape index (κ3) is 4.42. The molecular weight excluding hydrogens is 326 g/mol. The number of rotatable bonds is 4. The SMILES string of the molecule is O=S(=O)(O)CCN1CCOC(c2ccccc2)c2ccccc2C1. The summed E-state index contributed by atoms with van der Waals surface area (Å²) in [5.41, 5.74) is 3.32. The lowest BCUT2D eigenvalue weighted by Crippen LogP contribution is -2.34. The Bertz CT molecular complexity index is 777. The van der Waals surface area contributed by atoms with Gasteiger partial charge in [0.2, 0.25) is 0 Å². The Hall–Kier alpha value is -1.73. The van der Waals surface area contributed by atoms with E-state index >= 15 is 0 Å². The van der Waals surface area contributed by atoms with E-state index in [0.29, 0.717) is 19.7 Å². The van der Waals surface area contributed by atoms with E-state index in [1.165, 1.54) is 0 Å². The van der Waals surface area contributed by atoms with Gasteiger partial charge in [0.05, 0.1) is 12.4 Å². The quantitative estimate of drug-likeness (QED) is 0.861. The van der Waals surface area contributed by atoms with Crippen molar-refractivity contribution in [2.24, 2.45) is 0 Å². The van der Waals surface area contributed by atoms with Gasteiger partial charge in [-0.3, -0.25) is 9.45 Å². The van der Waals surface area contributed by atoms with E-state index in [1.807, 2.05) is 41.3 Å². The molecule has 0 saturated carbocycles. The summed E-state index contributed by atoms with van der Waals surface area (Å²) in [4.78, 5) is 1.99. The smallest absolute Gasteiger partial charge is 0.266 e. The van der Waals surface area contributed by atoms with Crippen LogP contribution in [0.3, 0.4) is 0 Å². The molecule has 1 N–H and O–H groups in total. The van der Waals surface area contributed by atoms with Crippen LogP contribution in [0.1, 0.15) is 22.8 Å². The van der Waals surface area contributed by atoms with E-state index in [2.05, 4.69) is 18.2 Å². The van der Waals surface area contributed by atoms with Crippen LogP contribution in [0.15, 0.2) is 54.6 Å². The Balaban J connectivity index is 1.86. The molecule has 0 aliphatic carbocycles. The topological polar surface area (TPSA) is 66.8 Å². The van der Waals surface area contributed by atoms with E-state index in [4.69, 9.17) is 9.29 Å². The van der Waals surface area contributed by atoms with Crippen LogP contribution in [-0.4, -0.2) is 43.3 Å². The molecule has 0 bridgehead atoms. The number of hydrogen-bond acceptors (Lipinski definition) is 4. The summed E-state index contributed by atoms with van der Waals surface area (Å²) < 4.78 is 37.1. The van der Waals surface area contributed by atoms with E-state index in [1.54, 1.807) is 0 Å². The van der Waals surface area contributed by atoms with Crippen molar-refractivity contribution in [3.8, 4) is 0 Å². The van der Waals surface area contributed by atoms with Gasteiger partial charge in [-0.25, -0.2) is 0 Å². The van der Waals surface area contributed by atoms with Gasteiger partial charge >= 0.3 is 0 Å². The summed E-state index contributed by atoms with van der Waals surface area (Å²) in [5.74, 6) is -0.267. The van der Waals surface area contributed by atoms with Crippen molar-refractivity contribution in [1.29, 1.82) is 0 Å². The van der Waals surface area contributed by atoms with E-state index in [0.717, 1.165) is 16.7 Å². The van der Waals surface area contributed by atoms with Crippen molar-refractivity contribution in [3.63, 3.8) is 0 Å². The van der Waals surface area contributed by atoms with Crippen molar-refractivity contribution < 1.29 is 17.7 Å². The van der Waals surface area contributed by atoms with Crippen molar-refractivity contribution in [1.82, 2.24) is 4.90 Å². The number of hydrogen-bond donors (Lipinski definition) is 1. The molecule has 5 nitrogen and oxygen atoms in total. The summed E-state index contributed by atoms with van der Waals surface area (Å²) in [6.45, 7) is 2.04. The Morgan fingerprint density at radius 3 is 2.54 bits per heavy atom. The van der Waals surface area contributed by atoms with Crippen molar-refractivity contribution in [3.05, 3.63) is 71.3 Å². The van der Waals surface area contributed by atoms with Crippen LogP contribution >= 0.6 is 0 Å². The molecule has 1 unspecified atom stereocenters. The molecule has 0 aromatic heterocycles. The van der Waals surface area contributed by atoms with E-state index in [9.17, 15) is 8.42 Å². The molecule has 1 aliphatic rings. The zero-order valence-corrected chi connectivity index (χ0v) is 14.2. The third-order valence-corrected chi connectivity index (χ3v) is 4.89. The van der Waals surface area contributed by atoms with Gasteiger partial charge < -0.3 is 4.74 Å². The molecule has 2 aromatic carbocycles. The Kier molecular flexibility index (Phi) is 5.30. The zero-order chi connectivity index (χ0) is 17.0. The first-order valence-electron chi connectivity index (χ1n) is 7.95. The number of fused-ring (bicyclic) bond motifs is 1. The largest absolute Gasteiger partial charge is 0.367 e. The molecule has 1 atom stereocenters. The molecule has 0 saturated heterocycles. The molecular formula is C18H21NO4S. The lowest BCUT2D eigenvalue weighted by Gasteiger charge is -2.30. The van der Waals surface area contributed by atoms with Crippen LogP contribution in [-0.2, 0) is 21.4 Å². The number of ether oxygens (including phenoxy) is 1. The summed E-state index contributed by atoms with van der Waals surface area (Å²) >= 11 is 0. The average Bonchev–Trinajstić information content (AvgIpc) is 2.55. The highest BCUT2D eigenvalue weighted by atomic mass is 32.2. The molecule has 0 radical (unpaired) electrons. The molecule has 128 valence electrons. The molecule has 0 amide bonds. The summed E-state index contributed by atoms with van der Waals surface area (Å²) in [7, 11) is -3.96. The molecule has 2 aromatic rings. The third-order valence-electron chi connectivity index (χ3n) is 4.19. The molecule has 0 spiro atoms. The predicted octanol–water partition coefficient (Wildman–Crippen LogP) is 2.50. The Labute approximate surface area is 142 Å². The summed E-state index contributed by atoms with van der Waals surface area (Å²) in [5, 5.41) is 0.